The minimum Gasteiger partial charge on any atom is -0.491 e. The van der Waals surface area contributed by atoms with Gasteiger partial charge in [-0.2, -0.15) is 0 Å². The van der Waals surface area contributed by atoms with Crippen molar-refractivity contribution < 1.29 is 9.84 Å². The van der Waals surface area contributed by atoms with E-state index in [1.54, 1.807) is 6.20 Å². The zero-order valence-corrected chi connectivity index (χ0v) is 12.5. The third-order valence-corrected chi connectivity index (χ3v) is 3.51. The van der Waals surface area contributed by atoms with Crippen molar-refractivity contribution in [3.8, 4) is 5.75 Å². The lowest BCUT2D eigenvalue weighted by Crippen LogP contribution is -2.34. The molecule has 0 saturated heterocycles. The first-order valence-corrected chi connectivity index (χ1v) is 7.13. The van der Waals surface area contributed by atoms with Crippen LogP contribution in [-0.4, -0.2) is 41.3 Å². The summed E-state index contributed by atoms with van der Waals surface area (Å²) in [6.07, 6.45) is 3.08. The fourth-order valence-corrected chi connectivity index (χ4v) is 2.13. The van der Waals surface area contributed by atoms with Gasteiger partial charge in [-0.25, -0.2) is 0 Å². The number of pyridine rings is 1. The van der Waals surface area contributed by atoms with E-state index in [2.05, 4.69) is 16.8 Å². The largest absolute Gasteiger partial charge is 0.491 e. The number of rotatable bonds is 7. The first kappa shape index (κ1) is 15.5. The Kier molecular flexibility index (Phi) is 5.72. The van der Waals surface area contributed by atoms with Crippen LogP contribution in [0.1, 0.15) is 18.5 Å². The smallest absolute Gasteiger partial charge is 0.119 e. The van der Waals surface area contributed by atoms with Crippen LogP contribution < -0.4 is 4.74 Å². The second-order valence-electron chi connectivity index (χ2n) is 5.18. The SMILES string of the molecule is CC(c1cccnc1)N(C)CC(O)COc1ccccc1. The van der Waals surface area contributed by atoms with Crippen molar-refractivity contribution in [2.45, 2.75) is 19.1 Å². The molecule has 2 aromatic rings. The lowest BCUT2D eigenvalue weighted by Gasteiger charge is -2.27. The molecule has 0 amide bonds. The number of aliphatic hydroxyl groups excluding tert-OH is 1. The summed E-state index contributed by atoms with van der Waals surface area (Å²) in [5.74, 6) is 0.777. The van der Waals surface area contributed by atoms with Crippen LogP contribution in [0.5, 0.6) is 5.75 Å². The molecular formula is C17H22N2O2. The Morgan fingerprint density at radius 2 is 1.95 bits per heavy atom. The van der Waals surface area contributed by atoms with Gasteiger partial charge in [0.2, 0.25) is 0 Å². The van der Waals surface area contributed by atoms with Gasteiger partial charge in [0.05, 0.1) is 0 Å². The van der Waals surface area contributed by atoms with Crippen molar-refractivity contribution in [3.05, 3.63) is 60.4 Å². The first-order chi connectivity index (χ1) is 10.2. The molecule has 0 aliphatic carbocycles. The normalized spacial score (nSPS) is 13.9. The summed E-state index contributed by atoms with van der Waals surface area (Å²) in [6, 6.07) is 13.7. The van der Waals surface area contributed by atoms with E-state index in [-0.39, 0.29) is 12.6 Å². The Labute approximate surface area is 126 Å². The molecule has 0 radical (unpaired) electrons. The van der Waals surface area contributed by atoms with Crippen LogP contribution in [0.25, 0.3) is 0 Å². The van der Waals surface area contributed by atoms with E-state index in [0.29, 0.717) is 6.54 Å². The van der Waals surface area contributed by atoms with Gasteiger partial charge in [-0.15, -0.1) is 0 Å². The van der Waals surface area contributed by atoms with E-state index in [9.17, 15) is 5.11 Å². The van der Waals surface area contributed by atoms with E-state index in [1.807, 2.05) is 55.7 Å². The van der Waals surface area contributed by atoms with Crippen molar-refractivity contribution in [1.29, 1.82) is 0 Å². The molecule has 0 aliphatic rings. The van der Waals surface area contributed by atoms with Gasteiger partial charge in [-0.3, -0.25) is 9.88 Å². The van der Waals surface area contributed by atoms with E-state index in [1.165, 1.54) is 0 Å². The Bertz CT molecular complexity index is 519. The first-order valence-electron chi connectivity index (χ1n) is 7.13. The summed E-state index contributed by atoms with van der Waals surface area (Å²) in [4.78, 5) is 6.22. The number of benzene rings is 1. The predicted molar refractivity (Wildman–Crippen MR) is 83.2 cm³/mol. The van der Waals surface area contributed by atoms with Gasteiger partial charge in [0.15, 0.2) is 0 Å². The number of ether oxygens (including phenoxy) is 1. The van der Waals surface area contributed by atoms with E-state index in [4.69, 9.17) is 4.74 Å². The molecule has 1 aromatic carbocycles. The highest BCUT2D eigenvalue weighted by atomic mass is 16.5. The summed E-state index contributed by atoms with van der Waals surface area (Å²) >= 11 is 0. The molecule has 1 aromatic heterocycles. The molecule has 2 atom stereocenters. The maximum atomic E-state index is 10.1. The maximum Gasteiger partial charge on any atom is 0.119 e. The van der Waals surface area contributed by atoms with Crippen LogP contribution in [0.2, 0.25) is 0 Å². The molecule has 1 heterocycles. The number of hydrogen-bond acceptors (Lipinski definition) is 4. The minimum atomic E-state index is -0.533. The molecular weight excluding hydrogens is 264 g/mol. The van der Waals surface area contributed by atoms with Crippen molar-refractivity contribution in [1.82, 2.24) is 9.88 Å². The Hall–Kier alpha value is -1.91. The molecule has 0 spiro atoms. The van der Waals surface area contributed by atoms with Crippen molar-refractivity contribution >= 4 is 0 Å². The van der Waals surface area contributed by atoms with E-state index < -0.39 is 6.10 Å². The Balaban J connectivity index is 1.80. The van der Waals surface area contributed by atoms with Gasteiger partial charge in [0.1, 0.15) is 18.5 Å². The molecule has 0 saturated carbocycles. The average molecular weight is 286 g/mol. The Morgan fingerprint density at radius 3 is 2.62 bits per heavy atom. The molecule has 21 heavy (non-hydrogen) atoms. The van der Waals surface area contributed by atoms with Crippen LogP contribution >= 0.6 is 0 Å². The van der Waals surface area contributed by atoms with Crippen molar-refractivity contribution in [2.75, 3.05) is 20.2 Å². The number of para-hydroxylation sites is 1. The second-order valence-corrected chi connectivity index (χ2v) is 5.18. The molecule has 1 N–H and O–H groups in total. The molecule has 0 bridgehead atoms. The Morgan fingerprint density at radius 1 is 1.19 bits per heavy atom. The fourth-order valence-electron chi connectivity index (χ4n) is 2.13. The number of likely N-dealkylation sites (N-methyl/N-ethyl adjacent to an activating group) is 1. The summed E-state index contributed by atoms with van der Waals surface area (Å²) in [7, 11) is 1.99. The highest BCUT2D eigenvalue weighted by Crippen LogP contribution is 2.17. The third-order valence-electron chi connectivity index (χ3n) is 3.51. The highest BCUT2D eigenvalue weighted by Gasteiger charge is 2.16. The number of aliphatic hydroxyl groups is 1. The van der Waals surface area contributed by atoms with Crippen LogP contribution in [0.15, 0.2) is 54.9 Å². The quantitative estimate of drug-likeness (QED) is 0.849. The lowest BCUT2D eigenvalue weighted by atomic mass is 10.1. The number of aromatic nitrogens is 1. The minimum absolute atomic E-state index is 0.199. The van der Waals surface area contributed by atoms with Crippen LogP contribution in [0.4, 0.5) is 0 Å². The molecule has 4 heteroatoms. The van der Waals surface area contributed by atoms with Gasteiger partial charge in [0, 0.05) is 25.0 Å². The molecule has 2 rings (SSSR count). The highest BCUT2D eigenvalue weighted by molar-refractivity contribution is 5.20. The van der Waals surface area contributed by atoms with Crippen LogP contribution in [-0.2, 0) is 0 Å². The van der Waals surface area contributed by atoms with Crippen molar-refractivity contribution in [2.24, 2.45) is 0 Å². The maximum absolute atomic E-state index is 10.1. The zero-order valence-electron chi connectivity index (χ0n) is 12.5. The topological polar surface area (TPSA) is 45.6 Å². The van der Waals surface area contributed by atoms with Gasteiger partial charge in [0.25, 0.3) is 0 Å². The standard InChI is InChI=1S/C17H22N2O2/c1-14(15-7-6-10-18-11-15)19(2)12-16(20)13-21-17-8-4-3-5-9-17/h3-11,14,16,20H,12-13H2,1-2H3. The fraction of sp³-hybridized carbons (Fsp3) is 0.353. The number of nitrogens with zero attached hydrogens (tertiary/aromatic N) is 2. The van der Waals surface area contributed by atoms with Gasteiger partial charge in [-0.1, -0.05) is 24.3 Å². The summed E-state index contributed by atoms with van der Waals surface area (Å²) in [5.41, 5.74) is 1.14. The molecule has 112 valence electrons. The summed E-state index contributed by atoms with van der Waals surface area (Å²) < 4.78 is 5.57. The molecule has 0 fully saturated rings. The second kappa shape index (κ2) is 7.76. The molecule has 2 unspecified atom stereocenters. The average Bonchev–Trinajstić information content (AvgIpc) is 2.54. The zero-order chi connectivity index (χ0) is 15.1. The third kappa shape index (κ3) is 4.85. The van der Waals surface area contributed by atoms with E-state index >= 15 is 0 Å². The predicted octanol–water partition coefficient (Wildman–Crippen LogP) is 2.51. The number of hydrogen-bond donors (Lipinski definition) is 1. The van der Waals surface area contributed by atoms with Crippen LogP contribution in [0.3, 0.4) is 0 Å². The summed E-state index contributed by atoms with van der Waals surface area (Å²) in [6.45, 7) is 2.93. The lowest BCUT2D eigenvalue weighted by molar-refractivity contribution is 0.0653. The van der Waals surface area contributed by atoms with Gasteiger partial charge < -0.3 is 9.84 Å². The van der Waals surface area contributed by atoms with Gasteiger partial charge in [-0.05, 0) is 37.7 Å². The van der Waals surface area contributed by atoms with Crippen LogP contribution in [0, 0.1) is 0 Å². The van der Waals surface area contributed by atoms with Crippen molar-refractivity contribution in [3.63, 3.8) is 0 Å². The van der Waals surface area contributed by atoms with E-state index in [0.717, 1.165) is 11.3 Å². The summed E-state index contributed by atoms with van der Waals surface area (Å²) in [5, 5.41) is 10.1. The molecule has 0 aliphatic heterocycles. The monoisotopic (exact) mass is 286 g/mol. The van der Waals surface area contributed by atoms with Gasteiger partial charge >= 0.3 is 0 Å². The molecule has 4 nitrogen and oxygen atoms in total.